The second-order valence-electron chi connectivity index (χ2n) is 5.23. The number of nitrogen functional groups attached to an aromatic ring is 1. The number of hydrogen-bond donors (Lipinski definition) is 1. The zero-order valence-electron chi connectivity index (χ0n) is 11.0. The molecular formula is C12H19F3N4. The van der Waals surface area contributed by atoms with Gasteiger partial charge in [-0.25, -0.2) is 4.68 Å². The lowest BCUT2D eigenvalue weighted by Gasteiger charge is -2.32. The molecule has 0 atom stereocenters. The highest BCUT2D eigenvalue weighted by molar-refractivity contribution is 5.30. The highest BCUT2D eigenvalue weighted by Gasteiger charge is 2.32. The molecule has 0 unspecified atom stereocenters. The first kappa shape index (κ1) is 14.2. The van der Waals surface area contributed by atoms with E-state index in [4.69, 9.17) is 5.73 Å². The zero-order valence-corrected chi connectivity index (χ0v) is 11.0. The molecule has 2 N–H and O–H groups in total. The Morgan fingerprint density at radius 2 is 2.00 bits per heavy atom. The Morgan fingerprint density at radius 1 is 1.37 bits per heavy atom. The van der Waals surface area contributed by atoms with Gasteiger partial charge in [0.2, 0.25) is 0 Å². The van der Waals surface area contributed by atoms with Crippen LogP contribution in [0.1, 0.15) is 18.5 Å². The minimum atomic E-state index is -4.10. The van der Waals surface area contributed by atoms with E-state index in [1.165, 1.54) is 4.90 Å². The molecule has 1 saturated heterocycles. The molecule has 108 valence electrons. The van der Waals surface area contributed by atoms with E-state index in [0.717, 1.165) is 18.5 Å². The van der Waals surface area contributed by atoms with Crippen LogP contribution in [0, 0.1) is 12.8 Å². The molecule has 0 saturated carbocycles. The van der Waals surface area contributed by atoms with Crippen molar-refractivity contribution in [2.45, 2.75) is 32.5 Å². The van der Waals surface area contributed by atoms with Gasteiger partial charge in [0.25, 0.3) is 0 Å². The highest BCUT2D eigenvalue weighted by Crippen LogP contribution is 2.24. The highest BCUT2D eigenvalue weighted by atomic mass is 19.4. The fourth-order valence-electron chi connectivity index (χ4n) is 2.54. The van der Waals surface area contributed by atoms with Crippen molar-refractivity contribution in [3.8, 4) is 0 Å². The van der Waals surface area contributed by atoms with Crippen molar-refractivity contribution in [3.05, 3.63) is 11.8 Å². The molecule has 0 amide bonds. The van der Waals surface area contributed by atoms with E-state index in [2.05, 4.69) is 5.10 Å². The summed E-state index contributed by atoms with van der Waals surface area (Å²) in [6.45, 7) is 2.75. The van der Waals surface area contributed by atoms with Crippen LogP contribution in [-0.2, 0) is 6.54 Å². The largest absolute Gasteiger partial charge is 0.401 e. The molecule has 4 nitrogen and oxygen atoms in total. The summed E-state index contributed by atoms with van der Waals surface area (Å²) in [5.41, 5.74) is 6.68. The van der Waals surface area contributed by atoms with Crippen LogP contribution in [0.2, 0.25) is 0 Å². The van der Waals surface area contributed by atoms with Crippen LogP contribution >= 0.6 is 0 Å². The Labute approximate surface area is 110 Å². The molecule has 2 heterocycles. The lowest BCUT2D eigenvalue weighted by molar-refractivity contribution is -0.148. The van der Waals surface area contributed by atoms with Crippen molar-refractivity contribution < 1.29 is 13.2 Å². The molecule has 0 radical (unpaired) electrons. The summed E-state index contributed by atoms with van der Waals surface area (Å²) in [7, 11) is 0. The number of likely N-dealkylation sites (tertiary alicyclic amines) is 1. The van der Waals surface area contributed by atoms with Crippen molar-refractivity contribution in [1.29, 1.82) is 0 Å². The van der Waals surface area contributed by atoms with Crippen LogP contribution < -0.4 is 5.73 Å². The number of nitrogens with zero attached hydrogens (tertiary/aromatic N) is 3. The van der Waals surface area contributed by atoms with Crippen LogP contribution in [0.25, 0.3) is 0 Å². The third-order valence-corrected chi connectivity index (χ3v) is 3.47. The Bertz CT molecular complexity index is 419. The molecule has 0 aliphatic carbocycles. The quantitative estimate of drug-likeness (QED) is 0.919. The van der Waals surface area contributed by atoms with Gasteiger partial charge in [-0.15, -0.1) is 0 Å². The first-order chi connectivity index (χ1) is 8.83. The van der Waals surface area contributed by atoms with Crippen LogP contribution in [0.4, 0.5) is 19.0 Å². The first-order valence-electron chi connectivity index (χ1n) is 6.42. The lowest BCUT2D eigenvalue weighted by Crippen LogP contribution is -2.40. The number of halogens is 3. The van der Waals surface area contributed by atoms with E-state index in [1.807, 2.05) is 6.92 Å². The molecule has 1 aromatic heterocycles. The maximum absolute atomic E-state index is 12.3. The normalized spacial score (nSPS) is 18.9. The predicted octanol–water partition coefficient (Wildman–Crippen LogP) is 2.05. The fraction of sp³-hybridized carbons (Fsp3) is 0.750. The Balaban J connectivity index is 1.82. The Hall–Kier alpha value is -1.24. The maximum Gasteiger partial charge on any atom is 0.401 e. The van der Waals surface area contributed by atoms with Crippen molar-refractivity contribution in [2.24, 2.45) is 5.92 Å². The van der Waals surface area contributed by atoms with Crippen molar-refractivity contribution in [3.63, 3.8) is 0 Å². The van der Waals surface area contributed by atoms with Gasteiger partial charge in [0.1, 0.15) is 5.82 Å². The average Bonchev–Trinajstić information content (AvgIpc) is 2.58. The van der Waals surface area contributed by atoms with E-state index >= 15 is 0 Å². The second-order valence-corrected chi connectivity index (χ2v) is 5.23. The van der Waals surface area contributed by atoms with Gasteiger partial charge in [0.15, 0.2) is 0 Å². The van der Waals surface area contributed by atoms with Crippen molar-refractivity contribution in [2.75, 3.05) is 25.4 Å². The van der Waals surface area contributed by atoms with E-state index < -0.39 is 12.7 Å². The summed E-state index contributed by atoms with van der Waals surface area (Å²) in [6.07, 6.45) is -2.58. The van der Waals surface area contributed by atoms with E-state index in [-0.39, 0.29) is 0 Å². The maximum atomic E-state index is 12.3. The number of piperidine rings is 1. The average molecular weight is 276 g/mol. The summed E-state index contributed by atoms with van der Waals surface area (Å²) >= 11 is 0. The van der Waals surface area contributed by atoms with Crippen LogP contribution in [0.15, 0.2) is 6.07 Å². The minimum absolute atomic E-state index is 0.353. The van der Waals surface area contributed by atoms with Crippen LogP contribution in [-0.4, -0.2) is 40.5 Å². The summed E-state index contributed by atoms with van der Waals surface area (Å²) in [5.74, 6) is 0.973. The van der Waals surface area contributed by atoms with Gasteiger partial charge in [-0.2, -0.15) is 18.3 Å². The number of aromatic nitrogens is 2. The topological polar surface area (TPSA) is 47.1 Å². The number of nitrogens with two attached hydrogens (primary N) is 1. The molecule has 1 aliphatic heterocycles. The summed E-state index contributed by atoms with van der Waals surface area (Å²) in [4.78, 5) is 1.47. The monoisotopic (exact) mass is 276 g/mol. The molecule has 0 aromatic carbocycles. The van der Waals surface area contributed by atoms with Crippen molar-refractivity contribution in [1.82, 2.24) is 14.7 Å². The van der Waals surface area contributed by atoms with E-state index in [1.54, 1.807) is 10.7 Å². The van der Waals surface area contributed by atoms with Gasteiger partial charge < -0.3 is 5.73 Å². The lowest BCUT2D eigenvalue weighted by atomic mass is 9.97. The van der Waals surface area contributed by atoms with E-state index in [9.17, 15) is 13.2 Å². The zero-order chi connectivity index (χ0) is 14.0. The van der Waals surface area contributed by atoms with Gasteiger partial charge in [-0.1, -0.05) is 0 Å². The number of alkyl halides is 3. The molecule has 1 aliphatic rings. The fourth-order valence-corrected chi connectivity index (χ4v) is 2.54. The third kappa shape index (κ3) is 4.12. The molecule has 19 heavy (non-hydrogen) atoms. The Kier molecular flexibility index (Phi) is 4.03. The second kappa shape index (κ2) is 5.40. The van der Waals surface area contributed by atoms with Crippen molar-refractivity contribution >= 4 is 5.82 Å². The number of anilines is 1. The SMILES string of the molecule is Cc1cc(N)n(CC2CCN(CC(F)(F)F)CC2)n1. The molecule has 7 heteroatoms. The number of aryl methyl sites for hydroxylation is 1. The standard InChI is InChI=1S/C12H19F3N4/c1-9-6-11(16)19(17-9)7-10-2-4-18(5-3-10)8-12(13,14)15/h6,10H,2-5,7-8,16H2,1H3. The Morgan fingerprint density at radius 3 is 2.47 bits per heavy atom. The van der Waals surface area contributed by atoms with Gasteiger partial charge in [-0.3, -0.25) is 4.90 Å². The third-order valence-electron chi connectivity index (χ3n) is 3.47. The van der Waals surface area contributed by atoms with Gasteiger partial charge in [0, 0.05) is 12.6 Å². The first-order valence-corrected chi connectivity index (χ1v) is 6.42. The molecule has 2 rings (SSSR count). The van der Waals surface area contributed by atoms with Gasteiger partial charge >= 0.3 is 6.18 Å². The molecular weight excluding hydrogens is 257 g/mol. The van der Waals surface area contributed by atoms with Gasteiger partial charge in [-0.05, 0) is 38.8 Å². The predicted molar refractivity (Wildman–Crippen MR) is 66.6 cm³/mol. The van der Waals surface area contributed by atoms with Crippen LogP contribution in [0.5, 0.6) is 0 Å². The summed E-state index contributed by atoms with van der Waals surface area (Å²) in [6, 6.07) is 1.80. The molecule has 1 aromatic rings. The number of hydrogen-bond acceptors (Lipinski definition) is 3. The number of rotatable bonds is 3. The van der Waals surface area contributed by atoms with E-state index in [0.29, 0.717) is 31.4 Å². The smallest absolute Gasteiger partial charge is 0.384 e. The van der Waals surface area contributed by atoms with Gasteiger partial charge in [0.05, 0.1) is 12.2 Å². The molecule has 1 fully saturated rings. The molecule has 0 spiro atoms. The molecule has 0 bridgehead atoms. The minimum Gasteiger partial charge on any atom is -0.384 e. The summed E-state index contributed by atoms with van der Waals surface area (Å²) < 4.78 is 38.6. The summed E-state index contributed by atoms with van der Waals surface area (Å²) in [5, 5.41) is 4.28. The van der Waals surface area contributed by atoms with Crippen LogP contribution in [0.3, 0.4) is 0 Å².